The van der Waals surface area contributed by atoms with Gasteiger partial charge in [0.1, 0.15) is 11.6 Å². The summed E-state index contributed by atoms with van der Waals surface area (Å²) in [6.07, 6.45) is 0.813. The maximum absolute atomic E-state index is 13.5. The molecule has 0 aliphatic carbocycles. The van der Waals surface area contributed by atoms with E-state index in [4.69, 9.17) is 4.74 Å². The molecule has 3 aromatic rings. The number of benzene rings is 3. The van der Waals surface area contributed by atoms with Crippen molar-refractivity contribution in [2.75, 3.05) is 30.4 Å². The van der Waals surface area contributed by atoms with E-state index >= 15 is 0 Å². The molecule has 3 amide bonds. The fraction of sp³-hybridized carbons (Fsp3) is 0.200. The lowest BCUT2D eigenvalue weighted by Gasteiger charge is -2.35. The van der Waals surface area contributed by atoms with Crippen molar-refractivity contribution in [1.29, 1.82) is 0 Å². The molecule has 1 saturated heterocycles. The summed E-state index contributed by atoms with van der Waals surface area (Å²) in [6.45, 7) is 1.59. The van der Waals surface area contributed by atoms with E-state index in [-0.39, 0.29) is 17.8 Å². The van der Waals surface area contributed by atoms with E-state index in [1.807, 2.05) is 6.07 Å². The van der Waals surface area contributed by atoms with Crippen LogP contribution in [0.2, 0.25) is 0 Å². The number of nitrogens with one attached hydrogen (secondary N) is 1. The highest BCUT2D eigenvalue weighted by atomic mass is 19.1. The minimum Gasteiger partial charge on any atom is -0.496 e. The predicted octanol–water partition coefficient (Wildman–Crippen LogP) is 4.92. The molecule has 32 heavy (non-hydrogen) atoms. The number of hydrogen-bond donors (Lipinski definition) is 1. The molecule has 4 rings (SSSR count). The van der Waals surface area contributed by atoms with E-state index in [9.17, 15) is 14.0 Å². The van der Waals surface area contributed by atoms with Crippen LogP contribution in [-0.4, -0.2) is 37.0 Å². The number of anilines is 2. The van der Waals surface area contributed by atoms with Gasteiger partial charge < -0.3 is 15.0 Å². The van der Waals surface area contributed by atoms with E-state index in [0.29, 0.717) is 36.6 Å². The Kier molecular flexibility index (Phi) is 6.35. The first kappa shape index (κ1) is 21.4. The molecular weight excluding hydrogens is 409 g/mol. The van der Waals surface area contributed by atoms with Crippen molar-refractivity contribution in [3.8, 4) is 5.75 Å². The first-order valence-electron chi connectivity index (χ1n) is 10.4. The quantitative estimate of drug-likeness (QED) is 0.600. The summed E-state index contributed by atoms with van der Waals surface area (Å²) in [5.74, 6) is -0.0842. The Morgan fingerprint density at radius 1 is 1.03 bits per heavy atom. The molecule has 0 unspecified atom stereocenters. The van der Waals surface area contributed by atoms with Gasteiger partial charge in [-0.15, -0.1) is 0 Å². The largest absolute Gasteiger partial charge is 0.496 e. The fourth-order valence-electron chi connectivity index (χ4n) is 3.78. The smallest absolute Gasteiger partial charge is 0.324 e. The van der Waals surface area contributed by atoms with Gasteiger partial charge in [0.05, 0.1) is 12.7 Å². The number of para-hydroxylation sites is 1. The van der Waals surface area contributed by atoms with Crippen LogP contribution >= 0.6 is 0 Å². The SMILES string of the molecule is COc1ccccc1C(=O)Nc1ccc(N2CCCN(Cc3cccc(F)c3)C2=O)cc1. The van der Waals surface area contributed by atoms with Crippen LogP contribution in [0.25, 0.3) is 0 Å². The summed E-state index contributed by atoms with van der Waals surface area (Å²) in [5, 5.41) is 2.85. The Balaban J connectivity index is 1.44. The van der Waals surface area contributed by atoms with E-state index < -0.39 is 0 Å². The second-order valence-corrected chi connectivity index (χ2v) is 7.54. The number of nitrogens with zero attached hydrogens (tertiary/aromatic N) is 2. The van der Waals surface area contributed by atoms with Crippen LogP contribution < -0.4 is 15.0 Å². The Labute approximate surface area is 186 Å². The Bertz CT molecular complexity index is 1120. The topological polar surface area (TPSA) is 61.9 Å². The van der Waals surface area contributed by atoms with Gasteiger partial charge in [-0.2, -0.15) is 0 Å². The minimum atomic E-state index is -0.311. The summed E-state index contributed by atoms with van der Waals surface area (Å²) < 4.78 is 18.7. The maximum Gasteiger partial charge on any atom is 0.324 e. The van der Waals surface area contributed by atoms with Gasteiger partial charge in [0.25, 0.3) is 5.91 Å². The fourth-order valence-corrected chi connectivity index (χ4v) is 3.78. The second-order valence-electron chi connectivity index (χ2n) is 7.54. The number of urea groups is 1. The minimum absolute atomic E-state index is 0.119. The second kappa shape index (κ2) is 9.51. The molecule has 164 valence electrons. The number of ether oxygens (including phenoxy) is 1. The standard InChI is InChI=1S/C25H24FN3O3/c1-32-23-9-3-2-8-22(23)24(30)27-20-10-12-21(13-11-20)29-15-5-14-28(25(29)31)17-18-6-4-7-19(26)16-18/h2-4,6-13,16H,5,14-15,17H2,1H3,(H,27,30). The average molecular weight is 433 g/mol. The van der Waals surface area contributed by atoms with Crippen molar-refractivity contribution in [3.63, 3.8) is 0 Å². The highest BCUT2D eigenvalue weighted by molar-refractivity contribution is 6.06. The van der Waals surface area contributed by atoms with E-state index in [2.05, 4.69) is 5.32 Å². The monoisotopic (exact) mass is 433 g/mol. The zero-order valence-electron chi connectivity index (χ0n) is 17.8. The molecule has 1 fully saturated rings. The summed E-state index contributed by atoms with van der Waals surface area (Å²) in [7, 11) is 1.52. The molecule has 1 N–H and O–H groups in total. The summed E-state index contributed by atoms with van der Waals surface area (Å²) in [4.78, 5) is 29.0. The van der Waals surface area contributed by atoms with Gasteiger partial charge in [0.2, 0.25) is 0 Å². The Morgan fingerprint density at radius 3 is 2.56 bits per heavy atom. The molecule has 1 aliphatic rings. The highest BCUT2D eigenvalue weighted by Crippen LogP contribution is 2.24. The first-order valence-corrected chi connectivity index (χ1v) is 10.4. The third-order valence-electron chi connectivity index (χ3n) is 5.36. The zero-order valence-corrected chi connectivity index (χ0v) is 17.8. The third kappa shape index (κ3) is 4.72. The van der Waals surface area contributed by atoms with Crippen LogP contribution in [0.4, 0.5) is 20.6 Å². The van der Waals surface area contributed by atoms with Crippen LogP contribution in [0.15, 0.2) is 72.8 Å². The Hall–Kier alpha value is -3.87. The normalized spacial score (nSPS) is 13.8. The van der Waals surface area contributed by atoms with Crippen LogP contribution in [0.3, 0.4) is 0 Å². The number of rotatable bonds is 6. The van der Waals surface area contributed by atoms with Gasteiger partial charge in [-0.25, -0.2) is 9.18 Å². The van der Waals surface area contributed by atoms with Crippen molar-refractivity contribution >= 4 is 23.3 Å². The van der Waals surface area contributed by atoms with Gasteiger partial charge >= 0.3 is 6.03 Å². The van der Waals surface area contributed by atoms with Gasteiger partial charge in [0, 0.05) is 31.0 Å². The first-order chi connectivity index (χ1) is 15.5. The molecule has 0 bridgehead atoms. The number of carbonyl (C=O) groups excluding carboxylic acids is 2. The van der Waals surface area contributed by atoms with Crippen molar-refractivity contribution in [2.24, 2.45) is 0 Å². The van der Waals surface area contributed by atoms with Crippen molar-refractivity contribution in [3.05, 3.63) is 89.7 Å². The molecule has 1 heterocycles. The average Bonchev–Trinajstić information content (AvgIpc) is 2.81. The van der Waals surface area contributed by atoms with Crippen molar-refractivity contribution < 1.29 is 18.7 Å². The van der Waals surface area contributed by atoms with Crippen LogP contribution in [0.1, 0.15) is 22.3 Å². The summed E-state index contributed by atoms with van der Waals surface area (Å²) in [5.41, 5.74) is 2.56. The Morgan fingerprint density at radius 2 is 1.81 bits per heavy atom. The van der Waals surface area contributed by atoms with Gasteiger partial charge in [-0.1, -0.05) is 24.3 Å². The molecule has 0 saturated carbocycles. The van der Waals surface area contributed by atoms with Crippen LogP contribution in [-0.2, 0) is 6.54 Å². The zero-order chi connectivity index (χ0) is 22.5. The maximum atomic E-state index is 13.5. The van der Waals surface area contributed by atoms with Crippen molar-refractivity contribution in [1.82, 2.24) is 4.90 Å². The number of hydrogen-bond acceptors (Lipinski definition) is 3. The number of halogens is 1. The molecule has 1 aliphatic heterocycles. The molecule has 0 atom stereocenters. The van der Waals surface area contributed by atoms with Crippen molar-refractivity contribution in [2.45, 2.75) is 13.0 Å². The highest BCUT2D eigenvalue weighted by Gasteiger charge is 2.27. The molecule has 3 aromatic carbocycles. The summed E-state index contributed by atoms with van der Waals surface area (Å²) in [6, 6.07) is 20.3. The van der Waals surface area contributed by atoms with Crippen LogP contribution in [0, 0.1) is 5.82 Å². The number of amides is 3. The van der Waals surface area contributed by atoms with E-state index in [1.54, 1.807) is 64.4 Å². The molecule has 7 heteroatoms. The molecule has 0 radical (unpaired) electrons. The molecule has 0 spiro atoms. The van der Waals surface area contributed by atoms with E-state index in [1.165, 1.54) is 19.2 Å². The lowest BCUT2D eigenvalue weighted by atomic mass is 10.1. The lowest BCUT2D eigenvalue weighted by Crippen LogP contribution is -2.49. The molecule has 6 nitrogen and oxygen atoms in total. The molecular formula is C25H24FN3O3. The van der Waals surface area contributed by atoms with Crippen LogP contribution in [0.5, 0.6) is 5.75 Å². The van der Waals surface area contributed by atoms with Gasteiger partial charge in [-0.3, -0.25) is 9.69 Å². The predicted molar refractivity (Wildman–Crippen MR) is 122 cm³/mol. The van der Waals surface area contributed by atoms with Gasteiger partial charge in [-0.05, 0) is 60.5 Å². The van der Waals surface area contributed by atoms with Gasteiger partial charge in [0.15, 0.2) is 0 Å². The lowest BCUT2D eigenvalue weighted by molar-refractivity contribution is 0.102. The van der Waals surface area contributed by atoms with E-state index in [0.717, 1.165) is 17.7 Å². The third-order valence-corrected chi connectivity index (χ3v) is 5.36. The number of methoxy groups -OCH3 is 1. The number of carbonyl (C=O) groups is 2. The molecule has 0 aromatic heterocycles. The summed E-state index contributed by atoms with van der Waals surface area (Å²) >= 11 is 0.